The summed E-state index contributed by atoms with van der Waals surface area (Å²) in [6.07, 6.45) is 9.84. The number of pyridine rings is 1. The number of nitrogens with zero attached hydrogens (tertiary/aromatic N) is 5. The predicted octanol–water partition coefficient (Wildman–Crippen LogP) is 4.15. The molecule has 0 radical (unpaired) electrons. The van der Waals surface area contributed by atoms with Gasteiger partial charge in [-0.05, 0) is 35.9 Å². The molecule has 0 saturated carbocycles. The van der Waals surface area contributed by atoms with E-state index in [0.717, 1.165) is 19.5 Å². The van der Waals surface area contributed by atoms with Crippen LogP contribution in [-0.2, 0) is 20.1 Å². The van der Waals surface area contributed by atoms with Crippen LogP contribution < -0.4 is 18.9 Å². The fraction of sp³-hybridized carbons (Fsp3) is 0.286. The average molecular weight is 442 g/mol. The van der Waals surface area contributed by atoms with E-state index in [9.17, 15) is 0 Å². The Labute approximate surface area is 197 Å². The third-order valence-corrected chi connectivity index (χ3v) is 6.18. The molecule has 5 nitrogen and oxygen atoms in total. The lowest BCUT2D eigenvalue weighted by atomic mass is 10.2. The summed E-state index contributed by atoms with van der Waals surface area (Å²) in [7, 11) is 10.4. The Morgan fingerprint density at radius 2 is 1.42 bits per heavy atom. The van der Waals surface area contributed by atoms with Crippen molar-refractivity contribution in [1.82, 2.24) is 4.57 Å². The van der Waals surface area contributed by atoms with E-state index >= 15 is 0 Å². The van der Waals surface area contributed by atoms with E-state index in [4.69, 9.17) is 0 Å². The number of fused-ring (bicyclic) bond motifs is 1. The lowest BCUT2D eigenvalue weighted by Gasteiger charge is -2.11. The number of aromatic nitrogens is 3. The normalized spacial score (nSPS) is 11.4. The van der Waals surface area contributed by atoms with E-state index in [1.165, 1.54) is 33.8 Å². The molecule has 0 spiro atoms. The zero-order valence-electron chi connectivity index (χ0n) is 20.4. The zero-order valence-corrected chi connectivity index (χ0v) is 20.4. The summed E-state index contributed by atoms with van der Waals surface area (Å²) in [5.74, 6) is 1.21. The van der Waals surface area contributed by atoms with E-state index in [0.29, 0.717) is 0 Å². The summed E-state index contributed by atoms with van der Waals surface area (Å²) in [6, 6.07) is 21.7. The Balaban J connectivity index is 1.56. The molecule has 2 heterocycles. The minimum Gasteiger partial charge on any atom is -0.378 e. The second kappa shape index (κ2) is 9.90. The van der Waals surface area contributed by atoms with Gasteiger partial charge in [-0.15, -0.1) is 0 Å². The van der Waals surface area contributed by atoms with Crippen LogP contribution in [-0.4, -0.2) is 32.8 Å². The van der Waals surface area contributed by atoms with Gasteiger partial charge < -0.3 is 9.80 Å². The maximum absolute atomic E-state index is 2.44. The van der Waals surface area contributed by atoms with Crippen LogP contribution in [0.3, 0.4) is 0 Å². The van der Waals surface area contributed by atoms with Crippen LogP contribution in [0, 0.1) is 0 Å². The van der Waals surface area contributed by atoms with Gasteiger partial charge in [-0.1, -0.05) is 24.3 Å². The van der Waals surface area contributed by atoms with Crippen molar-refractivity contribution in [1.29, 1.82) is 0 Å². The fourth-order valence-corrected chi connectivity index (χ4v) is 4.20. The molecule has 0 fully saturated rings. The van der Waals surface area contributed by atoms with Crippen LogP contribution in [0.1, 0.15) is 17.8 Å². The van der Waals surface area contributed by atoms with Crippen LogP contribution >= 0.6 is 0 Å². The topological polar surface area (TPSA) is 19.2 Å². The number of para-hydroxylation sites is 2. The van der Waals surface area contributed by atoms with E-state index in [2.05, 4.69) is 144 Å². The number of anilines is 2. The highest BCUT2D eigenvalue weighted by Crippen LogP contribution is 2.18. The van der Waals surface area contributed by atoms with Gasteiger partial charge in [-0.2, -0.15) is 0 Å². The molecule has 2 aromatic heterocycles. The minimum atomic E-state index is 0.961. The van der Waals surface area contributed by atoms with Gasteiger partial charge in [0.15, 0.2) is 30.0 Å². The molecule has 0 amide bonds. The van der Waals surface area contributed by atoms with Crippen molar-refractivity contribution in [3.8, 4) is 0 Å². The molecule has 0 atom stereocenters. The molecule has 4 aromatic rings. The lowest BCUT2D eigenvalue weighted by molar-refractivity contribution is -0.697. The Bertz CT molecular complexity index is 1230. The summed E-state index contributed by atoms with van der Waals surface area (Å²) in [5, 5.41) is 0. The van der Waals surface area contributed by atoms with Gasteiger partial charge >= 0.3 is 0 Å². The summed E-state index contributed by atoms with van der Waals surface area (Å²) in [4.78, 5) is 4.25. The first-order valence-corrected chi connectivity index (χ1v) is 11.5. The maximum atomic E-state index is 2.44. The predicted molar refractivity (Wildman–Crippen MR) is 138 cm³/mol. The van der Waals surface area contributed by atoms with Crippen molar-refractivity contribution < 1.29 is 9.13 Å². The molecule has 170 valence electrons. The standard InChI is InChI=1S/C28H35N5/c1-29(2)24-14-11-23(12-15-24)13-16-28-31(5)26-9-6-7-10-27(26)33(28)20-8-19-32-21-17-25(18-22-32)30(3)4/h6-7,9-18,21-22H,8,19-20H2,1-5H3/q+2. The van der Waals surface area contributed by atoms with Gasteiger partial charge in [-0.3, -0.25) is 0 Å². The molecule has 4 rings (SSSR count). The Morgan fingerprint density at radius 3 is 2.09 bits per heavy atom. The first kappa shape index (κ1) is 22.6. The monoisotopic (exact) mass is 441 g/mol. The van der Waals surface area contributed by atoms with Gasteiger partial charge in [0.1, 0.15) is 0 Å². The summed E-state index contributed by atoms with van der Waals surface area (Å²) in [5.41, 5.74) is 6.16. The van der Waals surface area contributed by atoms with Crippen molar-refractivity contribution in [2.75, 3.05) is 38.0 Å². The number of rotatable bonds is 8. The maximum Gasteiger partial charge on any atom is 0.282 e. The fourth-order valence-electron chi connectivity index (χ4n) is 4.20. The average Bonchev–Trinajstić information content (AvgIpc) is 3.09. The van der Waals surface area contributed by atoms with Crippen LogP contribution in [0.15, 0.2) is 73.1 Å². The zero-order chi connectivity index (χ0) is 23.4. The van der Waals surface area contributed by atoms with Crippen LogP contribution in [0.25, 0.3) is 23.2 Å². The van der Waals surface area contributed by atoms with Crippen LogP contribution in [0.2, 0.25) is 0 Å². The molecule has 0 aliphatic heterocycles. The molecule has 0 bridgehead atoms. The van der Waals surface area contributed by atoms with Crippen molar-refractivity contribution in [3.63, 3.8) is 0 Å². The second-order valence-corrected chi connectivity index (χ2v) is 8.92. The number of hydrogen-bond acceptors (Lipinski definition) is 2. The Morgan fingerprint density at radius 1 is 0.788 bits per heavy atom. The van der Waals surface area contributed by atoms with Gasteiger partial charge in [0, 0.05) is 64.2 Å². The molecule has 2 aromatic carbocycles. The smallest absolute Gasteiger partial charge is 0.282 e. The number of aryl methyl sites for hydroxylation is 3. The van der Waals surface area contributed by atoms with E-state index in [1.54, 1.807) is 0 Å². The Hall–Kier alpha value is -3.60. The Kier molecular flexibility index (Phi) is 6.78. The molecule has 0 N–H and O–H groups in total. The largest absolute Gasteiger partial charge is 0.378 e. The van der Waals surface area contributed by atoms with Crippen molar-refractivity contribution in [2.45, 2.75) is 19.5 Å². The van der Waals surface area contributed by atoms with E-state index < -0.39 is 0 Å². The molecular weight excluding hydrogens is 406 g/mol. The number of benzene rings is 2. The second-order valence-electron chi connectivity index (χ2n) is 8.92. The first-order valence-electron chi connectivity index (χ1n) is 11.5. The van der Waals surface area contributed by atoms with Crippen molar-refractivity contribution in [3.05, 3.63) is 84.4 Å². The molecular formula is C28H35N5+2. The highest BCUT2D eigenvalue weighted by Gasteiger charge is 2.20. The molecule has 0 aliphatic carbocycles. The third kappa shape index (κ3) is 5.08. The van der Waals surface area contributed by atoms with Gasteiger partial charge in [0.05, 0.1) is 13.6 Å². The number of imidazole rings is 1. The highest BCUT2D eigenvalue weighted by atomic mass is 15.2. The molecule has 0 aliphatic rings. The number of hydrogen-bond donors (Lipinski definition) is 0. The van der Waals surface area contributed by atoms with E-state index in [1.807, 2.05) is 0 Å². The molecule has 0 unspecified atom stereocenters. The van der Waals surface area contributed by atoms with Crippen LogP contribution in [0.4, 0.5) is 11.4 Å². The first-order chi connectivity index (χ1) is 15.9. The van der Waals surface area contributed by atoms with Gasteiger partial charge in [0.2, 0.25) is 0 Å². The van der Waals surface area contributed by atoms with Crippen molar-refractivity contribution in [2.24, 2.45) is 7.05 Å². The summed E-state index contributed by atoms with van der Waals surface area (Å²) < 4.78 is 6.99. The summed E-state index contributed by atoms with van der Waals surface area (Å²) >= 11 is 0. The highest BCUT2D eigenvalue weighted by molar-refractivity contribution is 5.76. The lowest BCUT2D eigenvalue weighted by Crippen LogP contribution is -2.34. The molecule has 5 heteroatoms. The molecule has 33 heavy (non-hydrogen) atoms. The van der Waals surface area contributed by atoms with Crippen molar-refractivity contribution >= 4 is 34.6 Å². The SMILES string of the molecule is CN(C)c1ccc(/C=C/c2n(CCC[n+]3ccc(N(C)C)cc3)c3ccccc3[n+]2C)cc1. The van der Waals surface area contributed by atoms with Gasteiger partial charge in [0.25, 0.3) is 5.82 Å². The summed E-state index contributed by atoms with van der Waals surface area (Å²) in [6.45, 7) is 1.95. The third-order valence-electron chi connectivity index (χ3n) is 6.18. The minimum absolute atomic E-state index is 0.961. The quantitative estimate of drug-likeness (QED) is 0.383. The van der Waals surface area contributed by atoms with Gasteiger partial charge in [-0.25, -0.2) is 13.7 Å². The molecule has 0 saturated heterocycles. The van der Waals surface area contributed by atoms with Crippen LogP contribution in [0.5, 0.6) is 0 Å². The van der Waals surface area contributed by atoms with E-state index in [-0.39, 0.29) is 0 Å².